The second kappa shape index (κ2) is 12.3. The zero-order chi connectivity index (χ0) is 26.2. The molecule has 2 unspecified atom stereocenters. The molecule has 190 valence electrons. The first-order valence-electron chi connectivity index (χ1n) is 11.4. The fourth-order valence-electron chi connectivity index (χ4n) is 3.45. The average Bonchev–Trinajstić information content (AvgIpc) is 2.78. The van der Waals surface area contributed by atoms with Crippen LogP contribution in [-0.2, 0) is 14.3 Å². The Bertz CT molecular complexity index is 1020. The number of para-hydroxylation sites is 1. The molecule has 0 radical (unpaired) electrons. The molecular weight excluding hydrogens is 450 g/mol. The van der Waals surface area contributed by atoms with Crippen molar-refractivity contribution in [3.05, 3.63) is 65.2 Å². The van der Waals surface area contributed by atoms with Gasteiger partial charge in [0.05, 0.1) is 13.2 Å². The van der Waals surface area contributed by atoms with Crippen molar-refractivity contribution in [2.45, 2.75) is 52.3 Å². The summed E-state index contributed by atoms with van der Waals surface area (Å²) in [5, 5.41) is 24.8. The van der Waals surface area contributed by atoms with E-state index in [0.717, 1.165) is 16.0 Å². The van der Waals surface area contributed by atoms with Crippen LogP contribution in [-0.4, -0.2) is 64.4 Å². The van der Waals surface area contributed by atoms with Crippen LogP contribution in [0, 0.1) is 13.8 Å². The summed E-state index contributed by atoms with van der Waals surface area (Å²) in [5.74, 6) is -1.24. The molecule has 9 nitrogen and oxygen atoms in total. The van der Waals surface area contributed by atoms with Gasteiger partial charge in [-0.15, -0.1) is 0 Å². The molecule has 0 saturated carbocycles. The summed E-state index contributed by atoms with van der Waals surface area (Å²) in [7, 11) is 0. The molecule has 0 bridgehead atoms. The van der Waals surface area contributed by atoms with Crippen LogP contribution in [0.2, 0.25) is 0 Å². The number of ether oxygens (including phenoxy) is 1. The lowest BCUT2D eigenvalue weighted by Gasteiger charge is -2.33. The number of nitrogens with zero attached hydrogens (tertiary/aromatic N) is 1. The van der Waals surface area contributed by atoms with E-state index in [2.05, 4.69) is 10.6 Å². The third kappa shape index (κ3) is 8.08. The van der Waals surface area contributed by atoms with Crippen LogP contribution in [0.4, 0.5) is 10.5 Å². The molecule has 2 atom stereocenters. The summed E-state index contributed by atoms with van der Waals surface area (Å²) < 4.78 is 5.20. The number of anilines is 1. The van der Waals surface area contributed by atoms with E-state index in [-0.39, 0.29) is 6.54 Å². The minimum Gasteiger partial charge on any atom is -0.444 e. The fraction of sp³-hybridized carbons (Fsp3) is 0.423. The van der Waals surface area contributed by atoms with Crippen LogP contribution in [0.5, 0.6) is 0 Å². The molecule has 0 fully saturated rings. The van der Waals surface area contributed by atoms with Crippen molar-refractivity contribution < 1.29 is 29.3 Å². The predicted octanol–water partition coefficient (Wildman–Crippen LogP) is 2.69. The van der Waals surface area contributed by atoms with Crippen molar-refractivity contribution in [1.82, 2.24) is 10.2 Å². The zero-order valence-corrected chi connectivity index (χ0v) is 20.9. The third-order valence-electron chi connectivity index (χ3n) is 5.15. The van der Waals surface area contributed by atoms with Gasteiger partial charge in [-0.2, -0.15) is 0 Å². The number of carbonyl (C=O) groups is 3. The first kappa shape index (κ1) is 27.8. The molecule has 35 heavy (non-hydrogen) atoms. The third-order valence-corrected chi connectivity index (χ3v) is 5.15. The molecular formula is C26H35N3O6. The number of aliphatic hydroxyl groups is 2. The van der Waals surface area contributed by atoms with Crippen LogP contribution >= 0.6 is 0 Å². The average molecular weight is 486 g/mol. The van der Waals surface area contributed by atoms with Crippen molar-refractivity contribution in [2.75, 3.05) is 25.1 Å². The number of hydrogen-bond acceptors (Lipinski definition) is 6. The van der Waals surface area contributed by atoms with E-state index in [1.54, 1.807) is 45.0 Å². The molecule has 0 aromatic heterocycles. The topological polar surface area (TPSA) is 128 Å². The van der Waals surface area contributed by atoms with E-state index >= 15 is 0 Å². The summed E-state index contributed by atoms with van der Waals surface area (Å²) in [6.45, 7) is 7.40. The lowest BCUT2D eigenvalue weighted by Crippen LogP contribution is -2.54. The van der Waals surface area contributed by atoms with Gasteiger partial charge in [0.15, 0.2) is 0 Å². The smallest absolute Gasteiger partial charge is 0.408 e. The predicted molar refractivity (Wildman–Crippen MR) is 133 cm³/mol. The Morgan fingerprint density at radius 2 is 1.63 bits per heavy atom. The number of aryl methyl sites for hydroxylation is 2. The van der Waals surface area contributed by atoms with Gasteiger partial charge < -0.3 is 30.5 Å². The van der Waals surface area contributed by atoms with Gasteiger partial charge in [0.25, 0.3) is 5.91 Å². The molecule has 0 aliphatic carbocycles. The highest BCUT2D eigenvalue weighted by atomic mass is 16.6. The Kier molecular flexibility index (Phi) is 9.79. The molecule has 0 spiro atoms. The maximum Gasteiger partial charge on any atom is 0.408 e. The number of carbonyl (C=O) groups excluding carboxylic acids is 3. The lowest BCUT2D eigenvalue weighted by molar-refractivity contribution is -0.142. The lowest BCUT2D eigenvalue weighted by atomic mass is 10.0. The Hall–Kier alpha value is -3.43. The zero-order valence-electron chi connectivity index (χ0n) is 20.9. The molecule has 4 N–H and O–H groups in total. The van der Waals surface area contributed by atoms with Gasteiger partial charge >= 0.3 is 6.09 Å². The summed E-state index contributed by atoms with van der Waals surface area (Å²) in [6.07, 6.45) is -0.884. The first-order valence-corrected chi connectivity index (χ1v) is 11.4. The molecule has 0 aliphatic rings. The molecule has 2 aromatic rings. The van der Waals surface area contributed by atoms with Gasteiger partial charge in [-0.25, -0.2) is 4.79 Å². The second-order valence-corrected chi connectivity index (χ2v) is 9.25. The van der Waals surface area contributed by atoms with Crippen LogP contribution in [0.25, 0.3) is 0 Å². The van der Waals surface area contributed by atoms with Crippen molar-refractivity contribution in [3.63, 3.8) is 0 Å². The normalized spacial score (nSPS) is 12.9. The van der Waals surface area contributed by atoms with Crippen LogP contribution in [0.3, 0.4) is 0 Å². The van der Waals surface area contributed by atoms with Crippen molar-refractivity contribution in [2.24, 2.45) is 0 Å². The summed E-state index contributed by atoms with van der Waals surface area (Å²) in [6, 6.07) is 11.8. The van der Waals surface area contributed by atoms with Gasteiger partial charge in [0.2, 0.25) is 5.91 Å². The summed E-state index contributed by atoms with van der Waals surface area (Å²) >= 11 is 0. The molecule has 2 rings (SSSR count). The number of benzene rings is 2. The van der Waals surface area contributed by atoms with Crippen LogP contribution in [0.1, 0.15) is 43.5 Å². The largest absolute Gasteiger partial charge is 0.444 e. The number of amides is 3. The van der Waals surface area contributed by atoms with Gasteiger partial charge in [-0.3, -0.25) is 9.59 Å². The minimum atomic E-state index is -1.38. The van der Waals surface area contributed by atoms with E-state index in [1.165, 1.54) is 0 Å². The maximum atomic E-state index is 13.5. The first-order chi connectivity index (χ1) is 16.5. The standard InChI is InChI=1S/C26H35N3O6/c1-17-10-12-19(13-11-17)22(23(32)27-20-9-7-6-8-18(20)2)29(14-15-30)24(33)21(16-31)28-25(34)35-26(3,4)5/h6-13,21-22,30-31H,14-16H2,1-5H3,(H,27,32)(H,28,34). The van der Waals surface area contributed by atoms with E-state index in [9.17, 15) is 24.6 Å². The van der Waals surface area contributed by atoms with Crippen LogP contribution < -0.4 is 10.6 Å². The number of aliphatic hydroxyl groups excluding tert-OH is 2. The molecule has 0 aliphatic heterocycles. The van der Waals surface area contributed by atoms with Gasteiger partial charge in [0, 0.05) is 12.2 Å². The van der Waals surface area contributed by atoms with E-state index in [0.29, 0.717) is 11.3 Å². The number of nitrogens with one attached hydrogen (secondary N) is 2. The van der Waals surface area contributed by atoms with E-state index < -0.39 is 48.8 Å². The van der Waals surface area contributed by atoms with Gasteiger partial charge in [0.1, 0.15) is 17.7 Å². The number of alkyl carbamates (subject to hydrolysis) is 1. The Morgan fingerprint density at radius 1 is 1.00 bits per heavy atom. The van der Waals surface area contributed by atoms with Crippen molar-refractivity contribution in [3.8, 4) is 0 Å². The monoisotopic (exact) mass is 485 g/mol. The molecule has 2 aromatic carbocycles. The van der Waals surface area contributed by atoms with E-state index in [1.807, 2.05) is 38.1 Å². The fourth-order valence-corrected chi connectivity index (χ4v) is 3.45. The van der Waals surface area contributed by atoms with E-state index in [4.69, 9.17) is 4.74 Å². The summed E-state index contributed by atoms with van der Waals surface area (Å²) in [4.78, 5) is 40.4. The highest BCUT2D eigenvalue weighted by Crippen LogP contribution is 2.25. The maximum absolute atomic E-state index is 13.5. The molecule has 0 saturated heterocycles. The van der Waals surface area contributed by atoms with Crippen molar-refractivity contribution in [1.29, 1.82) is 0 Å². The van der Waals surface area contributed by atoms with Gasteiger partial charge in [-0.1, -0.05) is 48.0 Å². The Labute approximate surface area is 206 Å². The highest BCUT2D eigenvalue weighted by Gasteiger charge is 2.36. The summed E-state index contributed by atoms with van der Waals surface area (Å²) in [5.41, 5.74) is 2.08. The molecule has 3 amide bonds. The second-order valence-electron chi connectivity index (χ2n) is 9.25. The number of hydrogen-bond donors (Lipinski definition) is 4. The Morgan fingerprint density at radius 3 is 2.17 bits per heavy atom. The molecule has 0 heterocycles. The molecule has 9 heteroatoms. The number of rotatable bonds is 9. The quantitative estimate of drug-likeness (QED) is 0.432. The SMILES string of the molecule is Cc1ccc(C(C(=O)Nc2ccccc2C)N(CCO)C(=O)C(CO)NC(=O)OC(C)(C)C)cc1. The highest BCUT2D eigenvalue weighted by molar-refractivity contribution is 5.99. The van der Waals surface area contributed by atoms with Crippen LogP contribution in [0.15, 0.2) is 48.5 Å². The Balaban J connectivity index is 2.43. The van der Waals surface area contributed by atoms with Gasteiger partial charge in [-0.05, 0) is 51.8 Å². The minimum absolute atomic E-state index is 0.203. The van der Waals surface area contributed by atoms with Crippen molar-refractivity contribution >= 4 is 23.6 Å².